The molecule has 1 heterocycles. The first kappa shape index (κ1) is 15.9. The van der Waals surface area contributed by atoms with Gasteiger partial charge in [-0.25, -0.2) is 13.2 Å². The zero-order chi connectivity index (χ0) is 15.5. The van der Waals surface area contributed by atoms with E-state index in [0.29, 0.717) is 18.2 Å². The molecule has 0 aliphatic carbocycles. The third kappa shape index (κ3) is 3.41. The Hall–Kier alpha value is -1.47. The summed E-state index contributed by atoms with van der Waals surface area (Å²) in [4.78, 5) is 13.3. The molecule has 1 aliphatic heterocycles. The minimum atomic E-state index is -3.42. The number of amides is 2. The number of alkyl halides is 1. The van der Waals surface area contributed by atoms with Gasteiger partial charge in [-0.1, -0.05) is 0 Å². The van der Waals surface area contributed by atoms with Crippen LogP contribution >= 0.6 is 11.6 Å². The van der Waals surface area contributed by atoms with Gasteiger partial charge in [0, 0.05) is 25.5 Å². The quantitative estimate of drug-likeness (QED) is 0.819. The number of rotatable bonds is 5. The van der Waals surface area contributed by atoms with Gasteiger partial charge in [-0.3, -0.25) is 0 Å². The molecule has 1 N–H and O–H groups in total. The van der Waals surface area contributed by atoms with Crippen LogP contribution in [0.2, 0.25) is 0 Å². The Labute approximate surface area is 128 Å². The molecule has 6 nitrogen and oxygen atoms in total. The molecular formula is C13H17ClN2O4S. The minimum Gasteiger partial charge on any atom is -0.497 e. The summed E-state index contributed by atoms with van der Waals surface area (Å²) in [5.74, 6) is 0.928. The van der Waals surface area contributed by atoms with Gasteiger partial charge in [-0.2, -0.15) is 0 Å². The number of hydrogen-bond donors (Lipinski definition) is 1. The summed E-state index contributed by atoms with van der Waals surface area (Å²) in [5.41, 5.74) is 0. The number of likely N-dealkylation sites (tertiary alicyclic amines) is 1. The molecule has 1 aliphatic rings. The maximum atomic E-state index is 12.4. The molecule has 0 radical (unpaired) electrons. The van der Waals surface area contributed by atoms with Crippen molar-refractivity contribution in [2.75, 3.05) is 32.6 Å². The molecule has 0 unspecified atom stereocenters. The van der Waals surface area contributed by atoms with Gasteiger partial charge in [0.15, 0.2) is 9.84 Å². The Balaban J connectivity index is 1.98. The molecule has 2 rings (SSSR count). The summed E-state index contributed by atoms with van der Waals surface area (Å²) in [6, 6.07) is 5.97. The highest BCUT2D eigenvalue weighted by molar-refractivity contribution is 7.92. The molecule has 1 aromatic rings. The number of carbonyl (C=O) groups is 1. The molecule has 116 valence electrons. The molecule has 21 heavy (non-hydrogen) atoms. The maximum Gasteiger partial charge on any atom is 0.317 e. The molecule has 0 atom stereocenters. The summed E-state index contributed by atoms with van der Waals surface area (Å²) >= 11 is 5.48. The number of methoxy groups -OCH3 is 1. The number of urea groups is 1. The summed E-state index contributed by atoms with van der Waals surface area (Å²) < 4.78 is 29.8. The fraction of sp³-hybridized carbons (Fsp3) is 0.462. The number of nitrogens with one attached hydrogen (secondary N) is 1. The lowest BCUT2D eigenvalue weighted by molar-refractivity contribution is 0.170. The average molecular weight is 333 g/mol. The van der Waals surface area contributed by atoms with Crippen molar-refractivity contribution in [2.45, 2.75) is 10.1 Å². The van der Waals surface area contributed by atoms with E-state index in [-0.39, 0.29) is 24.0 Å². The van der Waals surface area contributed by atoms with Crippen LogP contribution in [0.4, 0.5) is 4.79 Å². The number of sulfone groups is 1. The highest BCUT2D eigenvalue weighted by atomic mass is 35.5. The van der Waals surface area contributed by atoms with Crippen molar-refractivity contribution >= 4 is 27.5 Å². The van der Waals surface area contributed by atoms with Gasteiger partial charge in [-0.05, 0) is 24.3 Å². The van der Waals surface area contributed by atoms with Gasteiger partial charge in [0.05, 0.1) is 12.0 Å². The Morgan fingerprint density at radius 1 is 1.38 bits per heavy atom. The van der Waals surface area contributed by atoms with Gasteiger partial charge >= 0.3 is 6.03 Å². The van der Waals surface area contributed by atoms with Crippen LogP contribution in [0.25, 0.3) is 0 Å². The van der Waals surface area contributed by atoms with Crippen LogP contribution in [0.1, 0.15) is 0 Å². The van der Waals surface area contributed by atoms with E-state index in [0.717, 1.165) is 0 Å². The number of hydrogen-bond acceptors (Lipinski definition) is 4. The van der Waals surface area contributed by atoms with E-state index in [1.165, 1.54) is 24.1 Å². The van der Waals surface area contributed by atoms with E-state index in [9.17, 15) is 13.2 Å². The summed E-state index contributed by atoms with van der Waals surface area (Å²) in [5, 5.41) is 2.04. The number of nitrogens with zero attached hydrogens (tertiary/aromatic N) is 1. The van der Waals surface area contributed by atoms with Gasteiger partial charge in [-0.15, -0.1) is 11.6 Å². The Morgan fingerprint density at radius 3 is 2.52 bits per heavy atom. The molecule has 1 saturated heterocycles. The van der Waals surface area contributed by atoms with Crippen molar-refractivity contribution in [1.82, 2.24) is 10.2 Å². The molecule has 1 aromatic carbocycles. The van der Waals surface area contributed by atoms with Crippen molar-refractivity contribution in [3.63, 3.8) is 0 Å². The lowest BCUT2D eigenvalue weighted by Crippen LogP contribution is -2.59. The third-order valence-electron chi connectivity index (χ3n) is 3.33. The van der Waals surface area contributed by atoms with E-state index in [4.69, 9.17) is 16.3 Å². The minimum absolute atomic E-state index is 0.197. The van der Waals surface area contributed by atoms with E-state index >= 15 is 0 Å². The van der Waals surface area contributed by atoms with Crippen LogP contribution in [0.5, 0.6) is 5.75 Å². The predicted molar refractivity (Wildman–Crippen MR) is 79.7 cm³/mol. The van der Waals surface area contributed by atoms with E-state index in [1.807, 2.05) is 0 Å². The van der Waals surface area contributed by atoms with Crippen molar-refractivity contribution in [3.8, 4) is 5.75 Å². The smallest absolute Gasteiger partial charge is 0.317 e. The summed E-state index contributed by atoms with van der Waals surface area (Å²) in [6.45, 7) is 0.762. The van der Waals surface area contributed by atoms with Crippen LogP contribution in [-0.4, -0.2) is 57.2 Å². The Kier molecular flexibility index (Phi) is 4.95. The van der Waals surface area contributed by atoms with Crippen molar-refractivity contribution < 1.29 is 17.9 Å². The zero-order valence-corrected chi connectivity index (χ0v) is 13.2. The number of ether oxygens (including phenoxy) is 1. The molecule has 2 amide bonds. The van der Waals surface area contributed by atoms with Crippen LogP contribution < -0.4 is 10.1 Å². The summed E-state index contributed by atoms with van der Waals surface area (Å²) in [7, 11) is -1.90. The van der Waals surface area contributed by atoms with Crippen LogP contribution in [0, 0.1) is 0 Å². The first-order valence-electron chi connectivity index (χ1n) is 6.45. The molecule has 0 aromatic heterocycles. The standard InChI is InChI=1S/C13H17ClN2O4S/c1-20-10-2-4-11(5-3-10)21(18,19)12-8-16(9-12)13(17)15-7-6-14/h2-5,12H,6-9H2,1H3,(H,15,17). The van der Waals surface area contributed by atoms with Gasteiger partial charge in [0.25, 0.3) is 0 Å². The monoisotopic (exact) mass is 332 g/mol. The third-order valence-corrected chi connectivity index (χ3v) is 5.63. The molecule has 0 spiro atoms. The van der Waals surface area contributed by atoms with E-state index in [1.54, 1.807) is 12.1 Å². The first-order chi connectivity index (χ1) is 9.98. The number of benzene rings is 1. The SMILES string of the molecule is COc1ccc(S(=O)(=O)C2CN(C(=O)NCCCl)C2)cc1. The molecule has 0 bridgehead atoms. The lowest BCUT2D eigenvalue weighted by Gasteiger charge is -2.38. The average Bonchev–Trinajstić information content (AvgIpc) is 2.43. The predicted octanol–water partition coefficient (Wildman–Crippen LogP) is 1.10. The van der Waals surface area contributed by atoms with Gasteiger partial charge < -0.3 is 15.0 Å². The second kappa shape index (κ2) is 6.53. The fourth-order valence-corrected chi connectivity index (χ4v) is 3.77. The van der Waals surface area contributed by atoms with Crippen molar-refractivity contribution in [1.29, 1.82) is 0 Å². The zero-order valence-electron chi connectivity index (χ0n) is 11.6. The van der Waals surface area contributed by atoms with Crippen LogP contribution in [0.3, 0.4) is 0 Å². The van der Waals surface area contributed by atoms with Crippen molar-refractivity contribution in [3.05, 3.63) is 24.3 Å². The molecule has 8 heteroatoms. The summed E-state index contributed by atoms with van der Waals surface area (Å²) in [6.07, 6.45) is 0. The van der Waals surface area contributed by atoms with Crippen molar-refractivity contribution in [2.24, 2.45) is 0 Å². The second-order valence-electron chi connectivity index (χ2n) is 4.67. The Bertz CT molecular complexity index is 597. The largest absolute Gasteiger partial charge is 0.497 e. The highest BCUT2D eigenvalue weighted by Crippen LogP contribution is 2.25. The topological polar surface area (TPSA) is 75.7 Å². The molecule has 1 fully saturated rings. The first-order valence-corrected chi connectivity index (χ1v) is 8.54. The fourth-order valence-electron chi connectivity index (χ4n) is 2.02. The molecule has 0 saturated carbocycles. The van der Waals surface area contributed by atoms with Crippen LogP contribution in [-0.2, 0) is 9.84 Å². The maximum absolute atomic E-state index is 12.4. The van der Waals surface area contributed by atoms with E-state index in [2.05, 4.69) is 5.32 Å². The number of halogens is 1. The van der Waals surface area contributed by atoms with Gasteiger partial charge in [0.2, 0.25) is 0 Å². The van der Waals surface area contributed by atoms with Gasteiger partial charge in [0.1, 0.15) is 11.0 Å². The Morgan fingerprint density at radius 2 is 2.00 bits per heavy atom. The van der Waals surface area contributed by atoms with E-state index < -0.39 is 15.1 Å². The lowest BCUT2D eigenvalue weighted by atomic mass is 10.2. The number of carbonyl (C=O) groups excluding carboxylic acids is 1. The molecular weight excluding hydrogens is 316 g/mol. The highest BCUT2D eigenvalue weighted by Gasteiger charge is 2.40. The second-order valence-corrected chi connectivity index (χ2v) is 7.27. The van der Waals surface area contributed by atoms with Crippen LogP contribution in [0.15, 0.2) is 29.2 Å². The normalized spacial score (nSPS) is 15.4.